The fourth-order valence-corrected chi connectivity index (χ4v) is 9.55. The average molecular weight is 962 g/mol. The first-order chi connectivity index (χ1) is 33.3. The molecule has 0 aliphatic heterocycles. The molecule has 0 radical (unpaired) electrons. The molecule has 0 bridgehead atoms. The smallest absolute Gasteiger partial charge is 0.306 e. The van der Waals surface area contributed by atoms with E-state index in [2.05, 4.69) is 34.6 Å². The van der Waals surface area contributed by atoms with E-state index in [0.29, 0.717) is 19.3 Å². The molecular formula is C62H120O6. The van der Waals surface area contributed by atoms with Crippen LogP contribution in [-0.2, 0) is 28.6 Å². The highest BCUT2D eigenvalue weighted by atomic mass is 16.6. The lowest BCUT2D eigenvalue weighted by atomic mass is 9.99. The zero-order chi connectivity index (χ0) is 49.6. The minimum Gasteiger partial charge on any atom is -0.462 e. The maximum Gasteiger partial charge on any atom is 0.306 e. The number of esters is 3. The molecule has 0 aromatic heterocycles. The van der Waals surface area contributed by atoms with Crippen LogP contribution in [0.1, 0.15) is 349 Å². The quantitative estimate of drug-likeness (QED) is 0.0343. The number of rotatable bonds is 56. The molecule has 2 atom stereocenters. The molecule has 68 heavy (non-hydrogen) atoms. The van der Waals surface area contributed by atoms with Crippen molar-refractivity contribution in [3.05, 3.63) is 0 Å². The van der Waals surface area contributed by atoms with Gasteiger partial charge in [-0.1, -0.05) is 311 Å². The molecule has 0 saturated heterocycles. The Hall–Kier alpha value is -1.59. The minimum atomic E-state index is -0.763. The second-order valence-electron chi connectivity index (χ2n) is 22.1. The van der Waals surface area contributed by atoms with Crippen LogP contribution < -0.4 is 0 Å². The zero-order valence-electron chi connectivity index (χ0n) is 46.7. The zero-order valence-corrected chi connectivity index (χ0v) is 46.7. The van der Waals surface area contributed by atoms with Gasteiger partial charge >= 0.3 is 17.9 Å². The summed E-state index contributed by atoms with van der Waals surface area (Å²) in [5, 5.41) is 0. The number of hydrogen-bond donors (Lipinski definition) is 0. The lowest BCUT2D eigenvalue weighted by molar-refractivity contribution is -0.167. The van der Waals surface area contributed by atoms with E-state index >= 15 is 0 Å². The van der Waals surface area contributed by atoms with Gasteiger partial charge in [-0.05, 0) is 31.1 Å². The van der Waals surface area contributed by atoms with Crippen molar-refractivity contribution in [3.63, 3.8) is 0 Å². The van der Waals surface area contributed by atoms with Crippen LogP contribution in [0.2, 0.25) is 0 Å². The first-order valence-electron chi connectivity index (χ1n) is 30.8. The van der Waals surface area contributed by atoms with Gasteiger partial charge in [0.05, 0.1) is 0 Å². The monoisotopic (exact) mass is 961 g/mol. The molecule has 0 aliphatic rings. The Kier molecular flexibility index (Phi) is 53.5. The Morgan fingerprint density at radius 3 is 0.838 bits per heavy atom. The molecule has 0 heterocycles. The highest BCUT2D eigenvalue weighted by Crippen LogP contribution is 2.19. The van der Waals surface area contributed by atoms with Crippen LogP contribution in [0.5, 0.6) is 0 Å². The number of carbonyl (C=O) groups excluding carboxylic acids is 3. The molecule has 0 saturated carbocycles. The average Bonchev–Trinajstić information content (AvgIpc) is 3.32. The van der Waals surface area contributed by atoms with Crippen molar-refractivity contribution in [2.75, 3.05) is 13.2 Å². The van der Waals surface area contributed by atoms with E-state index in [-0.39, 0.29) is 31.1 Å². The van der Waals surface area contributed by atoms with Crippen molar-refractivity contribution in [1.82, 2.24) is 0 Å². The Bertz CT molecular complexity index is 1040. The predicted octanol–water partition coefficient (Wildman–Crippen LogP) is 20.4. The summed E-state index contributed by atoms with van der Waals surface area (Å²) in [7, 11) is 0. The third-order valence-corrected chi connectivity index (χ3v) is 14.6. The fourth-order valence-electron chi connectivity index (χ4n) is 9.55. The SMILES string of the molecule is CCCCCCCCCCCCCCC(=O)OC[C@H](COC(=O)CCCCCCCCCCCCCCCC(C)C)OC(=O)CCCCCCCCCCCCCCCCCCCCC(C)CC. The topological polar surface area (TPSA) is 78.9 Å². The van der Waals surface area contributed by atoms with Crippen molar-refractivity contribution in [1.29, 1.82) is 0 Å². The first kappa shape index (κ1) is 66.4. The molecule has 0 N–H and O–H groups in total. The summed E-state index contributed by atoms with van der Waals surface area (Å²) in [5.41, 5.74) is 0. The van der Waals surface area contributed by atoms with Gasteiger partial charge in [0.2, 0.25) is 0 Å². The van der Waals surface area contributed by atoms with Crippen molar-refractivity contribution in [2.24, 2.45) is 11.8 Å². The van der Waals surface area contributed by atoms with Gasteiger partial charge in [0.1, 0.15) is 13.2 Å². The van der Waals surface area contributed by atoms with E-state index < -0.39 is 6.10 Å². The molecule has 0 fully saturated rings. The van der Waals surface area contributed by atoms with Crippen LogP contribution in [0.3, 0.4) is 0 Å². The van der Waals surface area contributed by atoms with Crippen LogP contribution in [0.4, 0.5) is 0 Å². The van der Waals surface area contributed by atoms with E-state index in [1.165, 1.54) is 238 Å². The van der Waals surface area contributed by atoms with Gasteiger partial charge in [-0.15, -0.1) is 0 Å². The minimum absolute atomic E-state index is 0.0623. The van der Waals surface area contributed by atoms with Crippen LogP contribution in [-0.4, -0.2) is 37.2 Å². The molecule has 6 nitrogen and oxygen atoms in total. The van der Waals surface area contributed by atoms with E-state index in [0.717, 1.165) is 69.6 Å². The van der Waals surface area contributed by atoms with E-state index in [1.807, 2.05) is 0 Å². The summed E-state index contributed by atoms with van der Waals surface area (Å²) in [4.78, 5) is 38.2. The second kappa shape index (κ2) is 54.7. The number of carbonyl (C=O) groups is 3. The Labute approximate surface area is 425 Å². The summed E-state index contributed by atoms with van der Waals surface area (Å²) < 4.78 is 16.9. The summed E-state index contributed by atoms with van der Waals surface area (Å²) >= 11 is 0. The maximum atomic E-state index is 12.9. The molecule has 0 aromatic rings. The van der Waals surface area contributed by atoms with Gasteiger partial charge in [-0.3, -0.25) is 14.4 Å². The Balaban J connectivity index is 4.24. The second-order valence-corrected chi connectivity index (χ2v) is 22.1. The van der Waals surface area contributed by atoms with Crippen molar-refractivity contribution in [3.8, 4) is 0 Å². The first-order valence-corrected chi connectivity index (χ1v) is 30.8. The highest BCUT2D eigenvalue weighted by molar-refractivity contribution is 5.71. The van der Waals surface area contributed by atoms with Crippen molar-refractivity contribution in [2.45, 2.75) is 355 Å². The van der Waals surface area contributed by atoms with E-state index in [1.54, 1.807) is 0 Å². The van der Waals surface area contributed by atoms with E-state index in [4.69, 9.17) is 14.2 Å². The summed E-state index contributed by atoms with van der Waals surface area (Å²) in [5.74, 6) is 0.914. The number of unbranched alkanes of at least 4 members (excludes halogenated alkanes) is 40. The summed E-state index contributed by atoms with van der Waals surface area (Å²) in [6.07, 6.45) is 59.5. The molecule has 0 amide bonds. The number of ether oxygens (including phenoxy) is 3. The van der Waals surface area contributed by atoms with Gasteiger partial charge < -0.3 is 14.2 Å². The molecule has 0 spiro atoms. The van der Waals surface area contributed by atoms with Gasteiger partial charge in [0.15, 0.2) is 6.10 Å². The van der Waals surface area contributed by atoms with Crippen LogP contribution >= 0.6 is 0 Å². The predicted molar refractivity (Wildman–Crippen MR) is 293 cm³/mol. The highest BCUT2D eigenvalue weighted by Gasteiger charge is 2.19. The third kappa shape index (κ3) is 53.8. The molecular weight excluding hydrogens is 841 g/mol. The van der Waals surface area contributed by atoms with E-state index in [9.17, 15) is 14.4 Å². The largest absolute Gasteiger partial charge is 0.462 e. The Morgan fingerprint density at radius 2 is 0.559 bits per heavy atom. The van der Waals surface area contributed by atoms with Gasteiger partial charge in [-0.25, -0.2) is 0 Å². The van der Waals surface area contributed by atoms with Crippen molar-refractivity contribution >= 4 is 17.9 Å². The Morgan fingerprint density at radius 1 is 0.309 bits per heavy atom. The molecule has 0 aliphatic carbocycles. The molecule has 0 aromatic carbocycles. The number of hydrogen-bond acceptors (Lipinski definition) is 6. The lowest BCUT2D eigenvalue weighted by Crippen LogP contribution is -2.30. The normalized spacial score (nSPS) is 12.4. The molecule has 404 valence electrons. The van der Waals surface area contributed by atoms with Gasteiger partial charge in [0.25, 0.3) is 0 Å². The van der Waals surface area contributed by atoms with Crippen molar-refractivity contribution < 1.29 is 28.6 Å². The molecule has 6 heteroatoms. The van der Waals surface area contributed by atoms with Gasteiger partial charge in [0, 0.05) is 19.3 Å². The molecule has 1 unspecified atom stereocenters. The third-order valence-electron chi connectivity index (χ3n) is 14.6. The van der Waals surface area contributed by atoms with Crippen LogP contribution in [0.25, 0.3) is 0 Å². The molecule has 0 rings (SSSR count). The lowest BCUT2D eigenvalue weighted by Gasteiger charge is -2.18. The standard InChI is InChI=1S/C62H120O6/c1-6-8-9-10-11-12-13-27-32-37-42-47-52-60(63)66-55-59(56-67-61(64)53-48-43-38-33-28-24-20-21-25-30-35-40-45-50-57(3)4)68-62(65)54-49-44-39-34-29-23-19-17-15-14-16-18-22-26-31-36-41-46-51-58(5)7-2/h57-59H,6-56H2,1-5H3/t58?,59-/m1/s1. The fraction of sp³-hybridized carbons (Fsp3) is 0.952. The van der Waals surface area contributed by atoms with Crippen LogP contribution in [0.15, 0.2) is 0 Å². The summed E-state index contributed by atoms with van der Waals surface area (Å²) in [6.45, 7) is 11.5. The van der Waals surface area contributed by atoms with Gasteiger partial charge in [-0.2, -0.15) is 0 Å². The summed E-state index contributed by atoms with van der Waals surface area (Å²) in [6, 6.07) is 0. The van der Waals surface area contributed by atoms with Crippen LogP contribution in [0, 0.1) is 11.8 Å². The maximum absolute atomic E-state index is 12.9.